The van der Waals surface area contributed by atoms with Gasteiger partial charge in [-0.3, -0.25) is 0 Å². The van der Waals surface area contributed by atoms with Crippen molar-refractivity contribution in [3.05, 3.63) is 72.8 Å². The molecule has 11 heteroatoms. The van der Waals surface area contributed by atoms with Gasteiger partial charge in [-0.25, -0.2) is 14.4 Å². The van der Waals surface area contributed by atoms with E-state index in [0.29, 0.717) is 31.7 Å². The van der Waals surface area contributed by atoms with Crippen molar-refractivity contribution in [3.63, 3.8) is 0 Å². The summed E-state index contributed by atoms with van der Waals surface area (Å²) < 4.78 is 0. The Labute approximate surface area is 182 Å². The highest BCUT2D eigenvalue weighted by Gasteiger charge is 2.31. The summed E-state index contributed by atoms with van der Waals surface area (Å²) in [6, 6.07) is 18.1. The molecular formula is C21H16N3O6PS. The largest absolute Gasteiger partial charge is 0.329 e. The molecule has 32 heavy (non-hydrogen) atoms. The van der Waals surface area contributed by atoms with Crippen LogP contribution in [-0.4, -0.2) is 32.9 Å². The molecule has 0 aliphatic heterocycles. The maximum absolute atomic E-state index is 10.8. The van der Waals surface area contributed by atoms with Crippen LogP contribution in [0.25, 0.3) is 0 Å². The van der Waals surface area contributed by atoms with Crippen LogP contribution in [0.3, 0.4) is 0 Å². The molecule has 0 fully saturated rings. The van der Waals surface area contributed by atoms with Crippen LogP contribution >= 0.6 is 6.72 Å². The first kappa shape index (κ1) is 23.1. The lowest BCUT2D eigenvalue weighted by Gasteiger charge is -2.36. The minimum absolute atomic E-state index is 0.297. The Morgan fingerprint density at radius 3 is 0.969 bits per heavy atom. The van der Waals surface area contributed by atoms with Crippen LogP contribution in [-0.2, 0) is 23.6 Å². The molecule has 3 N–H and O–H groups in total. The van der Waals surface area contributed by atoms with Gasteiger partial charge in [0.05, 0.1) is 17.1 Å². The molecule has 0 spiro atoms. The van der Waals surface area contributed by atoms with Crippen LogP contribution in [0.2, 0.25) is 0 Å². The number of hydrogen-bond acceptors (Lipinski definition) is 6. The van der Waals surface area contributed by atoms with Crippen LogP contribution < -0.4 is 0 Å². The van der Waals surface area contributed by atoms with Gasteiger partial charge in [-0.05, 0) is 87.5 Å². The number of nitrogens with zero attached hydrogens (tertiary/aromatic N) is 3. The van der Waals surface area contributed by atoms with Gasteiger partial charge < -0.3 is 14.7 Å². The molecule has 162 valence electrons. The van der Waals surface area contributed by atoms with Crippen molar-refractivity contribution < 1.29 is 29.1 Å². The summed E-state index contributed by atoms with van der Waals surface area (Å²) >= 11 is 0. The number of rotatable bonds is 6. The molecule has 0 bridgehead atoms. The molecule has 0 aromatic heterocycles. The molecular weight excluding hydrogens is 453 g/mol. The van der Waals surface area contributed by atoms with E-state index in [9.17, 15) is 29.1 Å². The molecule has 3 rings (SSSR count). The van der Waals surface area contributed by atoms with Crippen molar-refractivity contribution in [3.8, 4) is 0 Å². The fourth-order valence-electron chi connectivity index (χ4n) is 3.30. The summed E-state index contributed by atoms with van der Waals surface area (Å²) in [4.78, 5) is 75.9. The van der Waals surface area contributed by atoms with Crippen molar-refractivity contribution in [1.29, 1.82) is 0 Å². The molecule has 0 saturated carbocycles. The molecule has 0 saturated heterocycles. The van der Waals surface area contributed by atoms with Gasteiger partial charge >= 0.3 is 0 Å². The van der Waals surface area contributed by atoms with Crippen molar-refractivity contribution in [2.75, 3.05) is 0 Å². The maximum Gasteiger partial charge on any atom is 0.271 e. The lowest BCUT2D eigenvalue weighted by atomic mass is 10.3. The molecule has 0 aliphatic rings. The zero-order valence-corrected chi connectivity index (χ0v) is 18.0. The smallest absolute Gasteiger partial charge is 0.271 e. The number of aliphatic imine (C=N–C) groups is 3. The Balaban J connectivity index is 2.43. The lowest BCUT2D eigenvalue weighted by molar-refractivity contribution is 0.362. The number of isocyanates is 3. The van der Waals surface area contributed by atoms with E-state index in [-0.39, 0.29) is 0 Å². The Hall–Kier alpha value is -3.54. The average Bonchev–Trinajstić information content (AvgIpc) is 2.77. The predicted molar refractivity (Wildman–Crippen MR) is 120 cm³/mol. The molecule has 0 radical (unpaired) electrons. The first-order valence-electron chi connectivity index (χ1n) is 8.89. The molecule has 9 nitrogen and oxygen atoms in total. The number of hydrogen-bond donors (Lipinski definition) is 4. The van der Waals surface area contributed by atoms with E-state index in [4.69, 9.17) is 0 Å². The number of benzene rings is 3. The van der Waals surface area contributed by atoms with Crippen LogP contribution in [0.5, 0.6) is 0 Å². The summed E-state index contributed by atoms with van der Waals surface area (Å²) in [6.45, 7) is -4.63. The quantitative estimate of drug-likeness (QED) is 0.188. The minimum Gasteiger partial charge on any atom is -0.329 e. The second-order valence-electron chi connectivity index (χ2n) is 6.33. The van der Waals surface area contributed by atoms with Gasteiger partial charge in [0.2, 0.25) is 18.2 Å². The van der Waals surface area contributed by atoms with E-state index < -0.39 is 15.9 Å². The first-order chi connectivity index (χ1) is 15.4. The zero-order valence-electron chi connectivity index (χ0n) is 16.2. The second kappa shape index (κ2) is 9.73. The molecule has 0 amide bonds. The summed E-state index contributed by atoms with van der Waals surface area (Å²) in [5, 5.41) is 0. The molecule has 3 aromatic carbocycles. The SMILES string of the molecule is O=C=Nc1ccc([SH](c2ccc(N=C=O)cc2)(c2ccc(N=C=O)cc2)=P(O)(O)O)cc1. The fourth-order valence-corrected chi connectivity index (χ4v) is 10.9. The van der Waals surface area contributed by atoms with Crippen LogP contribution in [0.15, 0.2) is 102 Å². The van der Waals surface area contributed by atoms with E-state index in [0.717, 1.165) is 0 Å². The molecule has 0 atom stereocenters. The predicted octanol–water partition coefficient (Wildman–Crippen LogP) is 3.61. The molecule has 3 aromatic rings. The highest BCUT2D eigenvalue weighted by Crippen LogP contribution is 2.57. The summed E-state index contributed by atoms with van der Waals surface area (Å²) in [5.41, 5.74) is 0.891. The van der Waals surface area contributed by atoms with Gasteiger partial charge in [0.25, 0.3) is 6.72 Å². The topological polar surface area (TPSA) is 149 Å². The minimum atomic E-state index is -4.63. The van der Waals surface area contributed by atoms with Crippen LogP contribution in [0.1, 0.15) is 0 Å². The Morgan fingerprint density at radius 1 is 0.531 bits per heavy atom. The Bertz CT molecular complexity index is 1200. The second-order valence-corrected chi connectivity index (χ2v) is 13.6. The average molecular weight is 469 g/mol. The van der Waals surface area contributed by atoms with Gasteiger partial charge in [0.15, 0.2) is 0 Å². The fraction of sp³-hybridized carbons (Fsp3) is 0. The summed E-state index contributed by atoms with van der Waals surface area (Å²) in [6.07, 6.45) is 4.29. The maximum atomic E-state index is 10.8. The van der Waals surface area contributed by atoms with E-state index in [1.807, 2.05) is 0 Å². The summed E-state index contributed by atoms with van der Waals surface area (Å²) in [7, 11) is -3.50. The monoisotopic (exact) mass is 469 g/mol. The van der Waals surface area contributed by atoms with E-state index in [2.05, 4.69) is 15.0 Å². The highest BCUT2D eigenvalue weighted by molar-refractivity contribution is 8.39. The van der Waals surface area contributed by atoms with Gasteiger partial charge in [-0.2, -0.15) is 15.0 Å². The normalized spacial score (nSPS) is 11.5. The molecule has 0 heterocycles. The standard InChI is InChI=1S/C21H16N3O6PS/c25-13-22-16-1-7-19(8-2-16)32(31(28,29)30,20-9-3-17(4-10-20)23-14-26)21-11-5-18(6-12-21)24-15-27/h1-12,28-30,32H. The van der Waals surface area contributed by atoms with Crippen molar-refractivity contribution in [2.24, 2.45) is 15.0 Å². The van der Waals surface area contributed by atoms with Gasteiger partial charge in [-0.15, -0.1) is 9.21 Å². The summed E-state index contributed by atoms with van der Waals surface area (Å²) in [5.74, 6) is 0. The van der Waals surface area contributed by atoms with E-state index in [1.54, 1.807) is 0 Å². The van der Waals surface area contributed by atoms with E-state index >= 15 is 0 Å². The van der Waals surface area contributed by atoms with E-state index in [1.165, 1.54) is 91.0 Å². The van der Waals surface area contributed by atoms with Crippen molar-refractivity contribution >= 4 is 51.2 Å². The third kappa shape index (κ3) is 4.40. The van der Waals surface area contributed by atoms with Gasteiger partial charge in [-0.1, -0.05) is 0 Å². The highest BCUT2D eigenvalue weighted by atomic mass is 32.6. The molecule has 0 unspecified atom stereocenters. The lowest BCUT2D eigenvalue weighted by Crippen LogP contribution is -2.16. The Morgan fingerprint density at radius 2 is 0.781 bits per heavy atom. The zero-order chi connectivity index (χ0) is 23.2. The third-order valence-corrected chi connectivity index (χ3v) is 13.0. The third-order valence-electron chi connectivity index (χ3n) is 4.60. The van der Waals surface area contributed by atoms with Gasteiger partial charge in [0, 0.05) is 0 Å². The Kier molecular flexibility index (Phi) is 7.03. The van der Waals surface area contributed by atoms with Crippen molar-refractivity contribution in [1.82, 2.24) is 0 Å². The molecule has 0 aliphatic carbocycles. The van der Waals surface area contributed by atoms with Crippen LogP contribution in [0, 0.1) is 0 Å². The number of thiol groups is 1. The van der Waals surface area contributed by atoms with Gasteiger partial charge in [0.1, 0.15) is 0 Å². The van der Waals surface area contributed by atoms with Crippen molar-refractivity contribution in [2.45, 2.75) is 14.7 Å². The first-order valence-corrected chi connectivity index (χ1v) is 13.0. The van der Waals surface area contributed by atoms with Crippen LogP contribution in [0.4, 0.5) is 17.1 Å². The number of carbonyl (C=O) groups excluding carboxylic acids is 3.